The van der Waals surface area contributed by atoms with Crippen LogP contribution in [0.5, 0.6) is 5.75 Å². The van der Waals surface area contributed by atoms with Crippen molar-refractivity contribution in [2.45, 2.75) is 19.3 Å². The molecule has 0 saturated heterocycles. The van der Waals surface area contributed by atoms with Gasteiger partial charge in [0.1, 0.15) is 5.75 Å². The maximum atomic E-state index is 5.82. The zero-order valence-electron chi connectivity index (χ0n) is 11.1. The van der Waals surface area contributed by atoms with Gasteiger partial charge in [0.15, 0.2) is 0 Å². The van der Waals surface area contributed by atoms with Gasteiger partial charge in [0.05, 0.1) is 19.3 Å². The third kappa shape index (κ3) is 3.86. The summed E-state index contributed by atoms with van der Waals surface area (Å²) in [5, 5.41) is 3.34. The average molecular weight is 277 g/mol. The molecule has 0 amide bonds. The van der Waals surface area contributed by atoms with Crippen molar-refractivity contribution in [3.8, 4) is 5.75 Å². The van der Waals surface area contributed by atoms with Gasteiger partial charge in [0.25, 0.3) is 0 Å². The van der Waals surface area contributed by atoms with Gasteiger partial charge in [-0.2, -0.15) is 0 Å². The molecule has 0 atom stereocenters. The first-order valence-electron chi connectivity index (χ1n) is 6.11. The molecule has 0 aliphatic rings. The summed E-state index contributed by atoms with van der Waals surface area (Å²) in [6, 6.07) is 11.9. The second-order valence-corrected chi connectivity index (χ2v) is 4.59. The van der Waals surface area contributed by atoms with Crippen molar-refractivity contribution in [3.05, 3.63) is 53.3 Å². The quantitative estimate of drug-likeness (QED) is 0.845. The number of anilines is 1. The fourth-order valence-corrected chi connectivity index (χ4v) is 2.03. The zero-order chi connectivity index (χ0) is 13.7. The molecule has 1 aromatic carbocycles. The fourth-order valence-electron chi connectivity index (χ4n) is 1.87. The van der Waals surface area contributed by atoms with Crippen LogP contribution in [0.1, 0.15) is 17.0 Å². The predicted molar refractivity (Wildman–Crippen MR) is 78.9 cm³/mol. The minimum absolute atomic E-state index is 0.520. The van der Waals surface area contributed by atoms with Crippen molar-refractivity contribution in [2.75, 3.05) is 12.4 Å². The van der Waals surface area contributed by atoms with Crippen LogP contribution in [0.25, 0.3) is 0 Å². The molecule has 0 aliphatic heterocycles. The van der Waals surface area contributed by atoms with Crippen LogP contribution in [0.2, 0.25) is 0 Å². The highest BCUT2D eigenvalue weighted by Crippen LogP contribution is 2.16. The van der Waals surface area contributed by atoms with E-state index in [4.69, 9.17) is 16.3 Å². The lowest BCUT2D eigenvalue weighted by molar-refractivity contribution is 0.413. The number of alkyl halides is 1. The third-order valence-corrected chi connectivity index (χ3v) is 3.08. The summed E-state index contributed by atoms with van der Waals surface area (Å²) in [6.45, 7) is 2.61. The number of ether oxygens (including phenoxy) is 1. The lowest BCUT2D eigenvalue weighted by atomic mass is 10.2. The molecule has 1 N–H and O–H groups in total. The van der Waals surface area contributed by atoms with E-state index in [1.54, 1.807) is 7.11 Å². The molecule has 0 aliphatic carbocycles. The third-order valence-electron chi connectivity index (χ3n) is 2.77. The molecule has 4 heteroatoms. The van der Waals surface area contributed by atoms with Crippen LogP contribution in [-0.4, -0.2) is 12.1 Å². The Bertz CT molecular complexity index is 558. The van der Waals surface area contributed by atoms with Gasteiger partial charge in [-0.1, -0.05) is 12.1 Å². The van der Waals surface area contributed by atoms with Crippen molar-refractivity contribution in [1.82, 2.24) is 4.98 Å². The highest BCUT2D eigenvalue weighted by molar-refractivity contribution is 6.17. The highest BCUT2D eigenvalue weighted by Gasteiger charge is 2.01. The number of hydrogen-bond acceptors (Lipinski definition) is 3. The van der Waals surface area contributed by atoms with Crippen LogP contribution < -0.4 is 10.1 Å². The summed E-state index contributed by atoms with van der Waals surface area (Å²) >= 11 is 5.82. The summed E-state index contributed by atoms with van der Waals surface area (Å²) in [7, 11) is 1.66. The molecule has 0 spiro atoms. The number of halogens is 1. The SMILES string of the molecule is COc1cc(C)nc(CNc2cccc(CCl)c2)c1. The molecule has 100 valence electrons. The average Bonchev–Trinajstić information content (AvgIpc) is 2.44. The van der Waals surface area contributed by atoms with Crippen LogP contribution >= 0.6 is 11.6 Å². The molecule has 0 radical (unpaired) electrons. The lowest BCUT2D eigenvalue weighted by Crippen LogP contribution is -2.03. The Kier molecular flexibility index (Phi) is 4.63. The van der Waals surface area contributed by atoms with Gasteiger partial charge < -0.3 is 10.1 Å². The van der Waals surface area contributed by atoms with E-state index >= 15 is 0 Å². The Hall–Kier alpha value is -1.74. The topological polar surface area (TPSA) is 34.1 Å². The Morgan fingerprint density at radius 3 is 2.84 bits per heavy atom. The molecular formula is C15H17ClN2O. The first-order chi connectivity index (χ1) is 9.21. The summed E-state index contributed by atoms with van der Waals surface area (Å²) in [4.78, 5) is 4.47. The summed E-state index contributed by atoms with van der Waals surface area (Å²) < 4.78 is 5.24. The van der Waals surface area contributed by atoms with E-state index < -0.39 is 0 Å². The minimum Gasteiger partial charge on any atom is -0.497 e. The van der Waals surface area contributed by atoms with Gasteiger partial charge in [0, 0.05) is 29.4 Å². The van der Waals surface area contributed by atoms with Crippen LogP contribution in [0.4, 0.5) is 5.69 Å². The van der Waals surface area contributed by atoms with Gasteiger partial charge in [-0.15, -0.1) is 11.6 Å². The molecular weight excluding hydrogens is 260 g/mol. The molecule has 0 saturated carbocycles. The van der Waals surface area contributed by atoms with Crippen LogP contribution in [0, 0.1) is 6.92 Å². The second-order valence-electron chi connectivity index (χ2n) is 4.33. The Balaban J connectivity index is 2.07. The van der Waals surface area contributed by atoms with E-state index in [0.717, 1.165) is 28.4 Å². The van der Waals surface area contributed by atoms with E-state index in [9.17, 15) is 0 Å². The lowest BCUT2D eigenvalue weighted by Gasteiger charge is -2.09. The maximum Gasteiger partial charge on any atom is 0.122 e. The molecule has 2 aromatic rings. The molecule has 2 rings (SSSR count). The van der Waals surface area contributed by atoms with Gasteiger partial charge in [-0.25, -0.2) is 0 Å². The van der Waals surface area contributed by atoms with Crippen molar-refractivity contribution in [1.29, 1.82) is 0 Å². The number of nitrogens with zero attached hydrogens (tertiary/aromatic N) is 1. The van der Waals surface area contributed by atoms with Gasteiger partial charge in [0.2, 0.25) is 0 Å². The second kappa shape index (κ2) is 6.43. The molecule has 0 fully saturated rings. The largest absolute Gasteiger partial charge is 0.497 e. The van der Waals surface area contributed by atoms with Crippen molar-refractivity contribution < 1.29 is 4.74 Å². The number of methoxy groups -OCH3 is 1. The highest BCUT2D eigenvalue weighted by atomic mass is 35.5. The summed E-state index contributed by atoms with van der Waals surface area (Å²) in [5.41, 5.74) is 4.04. The number of pyridine rings is 1. The first kappa shape index (κ1) is 13.7. The molecule has 0 bridgehead atoms. The van der Waals surface area contributed by atoms with Gasteiger partial charge in [-0.3, -0.25) is 4.98 Å². The van der Waals surface area contributed by atoms with Crippen LogP contribution in [0.3, 0.4) is 0 Å². The van der Waals surface area contributed by atoms with Gasteiger partial charge in [-0.05, 0) is 24.6 Å². The fraction of sp³-hybridized carbons (Fsp3) is 0.267. The molecule has 3 nitrogen and oxygen atoms in total. The molecule has 19 heavy (non-hydrogen) atoms. The predicted octanol–water partition coefficient (Wildman–Crippen LogP) is 3.75. The standard InChI is InChI=1S/C15H17ClN2O/c1-11-6-15(19-2)8-14(18-11)10-17-13-5-3-4-12(7-13)9-16/h3-8,17H,9-10H2,1-2H3. The minimum atomic E-state index is 0.520. The molecule has 0 unspecified atom stereocenters. The number of hydrogen-bond donors (Lipinski definition) is 1. The van der Waals surface area contributed by atoms with E-state index in [1.807, 2.05) is 43.3 Å². The number of aryl methyl sites for hydroxylation is 1. The smallest absolute Gasteiger partial charge is 0.122 e. The van der Waals surface area contributed by atoms with Crippen molar-refractivity contribution >= 4 is 17.3 Å². The van der Waals surface area contributed by atoms with Crippen LogP contribution in [-0.2, 0) is 12.4 Å². The summed E-state index contributed by atoms with van der Waals surface area (Å²) in [6.07, 6.45) is 0. The number of aromatic nitrogens is 1. The first-order valence-corrected chi connectivity index (χ1v) is 6.65. The number of nitrogens with one attached hydrogen (secondary N) is 1. The van der Waals surface area contributed by atoms with E-state index in [2.05, 4.69) is 10.3 Å². The Morgan fingerprint density at radius 1 is 1.26 bits per heavy atom. The van der Waals surface area contributed by atoms with E-state index in [-0.39, 0.29) is 0 Å². The normalized spacial score (nSPS) is 10.3. The maximum absolute atomic E-state index is 5.82. The van der Waals surface area contributed by atoms with Crippen molar-refractivity contribution in [2.24, 2.45) is 0 Å². The molecule has 1 heterocycles. The Labute approximate surface area is 118 Å². The summed E-state index contributed by atoms with van der Waals surface area (Å²) in [5.74, 6) is 1.35. The number of benzene rings is 1. The van der Waals surface area contributed by atoms with Crippen LogP contribution in [0.15, 0.2) is 36.4 Å². The van der Waals surface area contributed by atoms with Crippen molar-refractivity contribution in [3.63, 3.8) is 0 Å². The monoisotopic (exact) mass is 276 g/mol. The van der Waals surface area contributed by atoms with E-state index in [0.29, 0.717) is 12.4 Å². The van der Waals surface area contributed by atoms with Gasteiger partial charge >= 0.3 is 0 Å². The zero-order valence-corrected chi connectivity index (χ0v) is 11.9. The molecule has 1 aromatic heterocycles. The van der Waals surface area contributed by atoms with E-state index in [1.165, 1.54) is 0 Å². The number of rotatable bonds is 5. The Morgan fingerprint density at radius 2 is 2.11 bits per heavy atom.